The zero-order valence-electron chi connectivity index (χ0n) is 33.3. The molecular weight excluding hydrogens is 692 g/mol. The van der Waals surface area contributed by atoms with Crippen LogP contribution < -0.4 is 14.2 Å². The van der Waals surface area contributed by atoms with Gasteiger partial charge in [-0.05, 0) is 122 Å². The fourth-order valence-electron chi connectivity index (χ4n) is 8.48. The van der Waals surface area contributed by atoms with E-state index in [1.165, 1.54) is 30.4 Å². The number of benzene rings is 2. The van der Waals surface area contributed by atoms with Crippen LogP contribution in [0.15, 0.2) is 30.3 Å². The average Bonchev–Trinajstić information content (AvgIpc) is 3.48. The van der Waals surface area contributed by atoms with Crippen LogP contribution in [0, 0.1) is 31.1 Å². The molecule has 1 N–H and O–H groups in total. The van der Waals surface area contributed by atoms with Gasteiger partial charge in [0.1, 0.15) is 25.6 Å². The maximum Gasteiger partial charge on any atom is 0.161 e. The fraction of sp³-hybridized carbons (Fsp3) is 0.721. The Hall–Kier alpha value is -2.48. The Bertz CT molecular complexity index is 1370. The highest BCUT2D eigenvalue weighted by atomic mass is 16.6. The van der Waals surface area contributed by atoms with Crippen molar-refractivity contribution in [3.63, 3.8) is 0 Å². The number of aliphatic hydroxyl groups is 1. The van der Waals surface area contributed by atoms with Gasteiger partial charge < -0.3 is 52.5 Å². The first-order chi connectivity index (χ1) is 26.4. The summed E-state index contributed by atoms with van der Waals surface area (Å²) in [4.78, 5) is 0. The van der Waals surface area contributed by atoms with E-state index in [0.717, 1.165) is 36.1 Å². The van der Waals surface area contributed by atoms with Gasteiger partial charge in [-0.1, -0.05) is 13.0 Å². The van der Waals surface area contributed by atoms with E-state index < -0.39 is 0 Å². The van der Waals surface area contributed by atoms with Crippen molar-refractivity contribution in [3.05, 3.63) is 52.6 Å². The van der Waals surface area contributed by atoms with Gasteiger partial charge in [0.25, 0.3) is 0 Å². The molecule has 11 heteroatoms. The van der Waals surface area contributed by atoms with E-state index in [1.54, 1.807) is 7.11 Å². The minimum absolute atomic E-state index is 0.120. The number of fused-ring (bicyclic) bond motifs is 5. The van der Waals surface area contributed by atoms with E-state index in [2.05, 4.69) is 39.0 Å². The van der Waals surface area contributed by atoms with Gasteiger partial charge >= 0.3 is 0 Å². The zero-order valence-corrected chi connectivity index (χ0v) is 33.3. The van der Waals surface area contributed by atoms with Gasteiger partial charge in [0.15, 0.2) is 11.5 Å². The van der Waals surface area contributed by atoms with Gasteiger partial charge in [-0.15, -0.1) is 0 Å². The van der Waals surface area contributed by atoms with Crippen LogP contribution in [-0.4, -0.2) is 124 Å². The standard InChI is InChI=1S/C43H66O11/c1-32-29-40(53-27-24-50-20-15-46-14-13-45-4)41(30-33(32)2)54-28-25-51-22-19-48-17-16-47-18-21-49-23-26-52-35-6-8-36-34(31-35)5-7-38-37(36)11-12-43(3)39(38)9-10-42(43)44/h6,8,29-31,37-39,42,44H,5,7,9-28H2,1-4H3/t37-,38-,39+,42+,43+/m1/s1. The van der Waals surface area contributed by atoms with Crippen LogP contribution >= 0.6 is 0 Å². The van der Waals surface area contributed by atoms with Gasteiger partial charge in [-0.25, -0.2) is 0 Å². The van der Waals surface area contributed by atoms with Crippen molar-refractivity contribution < 1.29 is 52.5 Å². The molecule has 0 bridgehead atoms. The summed E-state index contributed by atoms with van der Waals surface area (Å²) < 4.78 is 56.5. The van der Waals surface area contributed by atoms with E-state index in [4.69, 9.17) is 47.4 Å². The highest BCUT2D eigenvalue weighted by Gasteiger charge is 2.54. The molecule has 0 heterocycles. The molecule has 54 heavy (non-hydrogen) atoms. The lowest BCUT2D eigenvalue weighted by molar-refractivity contribution is -0.0226. The molecule has 0 saturated heterocycles. The predicted octanol–water partition coefficient (Wildman–Crippen LogP) is 6.10. The molecule has 5 atom stereocenters. The molecule has 2 aromatic carbocycles. The molecule has 5 rings (SSSR count). The lowest BCUT2D eigenvalue weighted by Crippen LogP contribution is -2.43. The lowest BCUT2D eigenvalue weighted by Gasteiger charge is -2.50. The average molecular weight is 759 g/mol. The molecule has 11 nitrogen and oxygen atoms in total. The number of rotatable bonds is 27. The molecule has 3 aliphatic carbocycles. The molecule has 2 fully saturated rings. The number of ether oxygens (including phenoxy) is 10. The highest BCUT2D eigenvalue weighted by Crippen LogP contribution is 2.61. The first-order valence-electron chi connectivity index (χ1n) is 20.2. The van der Waals surface area contributed by atoms with Crippen LogP contribution in [0.3, 0.4) is 0 Å². The third-order valence-electron chi connectivity index (χ3n) is 11.6. The number of hydrogen-bond donors (Lipinski definition) is 1. The van der Waals surface area contributed by atoms with Gasteiger partial charge in [0.05, 0.1) is 92.0 Å². The normalized spacial score (nSPS) is 23.1. The number of aliphatic hydroxyl groups excluding tert-OH is 1. The van der Waals surface area contributed by atoms with Crippen molar-refractivity contribution in [1.29, 1.82) is 0 Å². The monoisotopic (exact) mass is 758 g/mol. The minimum Gasteiger partial charge on any atom is -0.491 e. The topological polar surface area (TPSA) is 113 Å². The van der Waals surface area contributed by atoms with Gasteiger partial charge in [-0.2, -0.15) is 0 Å². The van der Waals surface area contributed by atoms with Crippen LogP contribution in [0.2, 0.25) is 0 Å². The first-order valence-corrected chi connectivity index (χ1v) is 20.2. The molecule has 0 aromatic heterocycles. The number of hydrogen-bond acceptors (Lipinski definition) is 11. The predicted molar refractivity (Wildman–Crippen MR) is 206 cm³/mol. The quantitative estimate of drug-likeness (QED) is 0.107. The largest absolute Gasteiger partial charge is 0.491 e. The molecule has 2 aromatic rings. The Morgan fingerprint density at radius 1 is 0.593 bits per heavy atom. The zero-order chi connectivity index (χ0) is 38.0. The molecule has 2 saturated carbocycles. The molecule has 0 unspecified atom stereocenters. The SMILES string of the molecule is COCCOCCOCCOc1cc(C)c(C)cc1OCCOCCOCCOCCOCCOc1ccc2c(c1)CC[C@@H]1[C@@H]2CC[C@]2(C)[C@@H](O)CC[C@@H]12. The van der Waals surface area contributed by atoms with Crippen molar-refractivity contribution >= 4 is 0 Å². The second-order valence-corrected chi connectivity index (χ2v) is 15.0. The fourth-order valence-corrected chi connectivity index (χ4v) is 8.48. The van der Waals surface area contributed by atoms with Crippen LogP contribution in [-0.2, 0) is 39.6 Å². The van der Waals surface area contributed by atoms with E-state index >= 15 is 0 Å². The highest BCUT2D eigenvalue weighted by molar-refractivity contribution is 5.46. The molecule has 304 valence electrons. The van der Waals surface area contributed by atoms with Gasteiger partial charge in [-0.3, -0.25) is 0 Å². The second-order valence-electron chi connectivity index (χ2n) is 15.0. The summed E-state index contributed by atoms with van der Waals surface area (Å²) in [5.41, 5.74) is 5.35. The van der Waals surface area contributed by atoms with E-state index in [1.807, 2.05) is 12.1 Å². The summed E-state index contributed by atoms with van der Waals surface area (Å²) in [5, 5.41) is 10.7. The molecule has 0 aliphatic heterocycles. The minimum atomic E-state index is -0.120. The van der Waals surface area contributed by atoms with Gasteiger partial charge in [0, 0.05) is 7.11 Å². The third kappa shape index (κ3) is 12.5. The van der Waals surface area contributed by atoms with Crippen LogP contribution in [0.1, 0.15) is 67.2 Å². The van der Waals surface area contributed by atoms with E-state index in [-0.39, 0.29) is 11.5 Å². The molecular formula is C43H66O11. The Balaban J connectivity index is 0.827. The molecule has 3 aliphatic rings. The summed E-state index contributed by atoms with van der Waals surface area (Å²) in [7, 11) is 1.65. The van der Waals surface area contributed by atoms with Crippen LogP contribution in [0.4, 0.5) is 0 Å². The Kier molecular flexibility index (Phi) is 18.1. The van der Waals surface area contributed by atoms with E-state index in [9.17, 15) is 5.11 Å². The van der Waals surface area contributed by atoms with Gasteiger partial charge in [0.2, 0.25) is 0 Å². The third-order valence-corrected chi connectivity index (χ3v) is 11.6. The summed E-state index contributed by atoms with van der Waals surface area (Å²) in [5.74, 6) is 4.31. The van der Waals surface area contributed by atoms with Crippen molar-refractivity contribution in [2.24, 2.45) is 17.3 Å². The van der Waals surface area contributed by atoms with Crippen LogP contribution in [0.25, 0.3) is 0 Å². The Morgan fingerprint density at radius 3 is 1.63 bits per heavy atom. The molecule has 0 radical (unpaired) electrons. The summed E-state index contributed by atoms with van der Waals surface area (Å²) in [6.45, 7) is 14.4. The summed E-state index contributed by atoms with van der Waals surface area (Å²) in [6, 6.07) is 10.7. The Labute approximate surface area is 323 Å². The van der Waals surface area contributed by atoms with Crippen molar-refractivity contribution in [1.82, 2.24) is 0 Å². The van der Waals surface area contributed by atoms with Crippen LogP contribution in [0.5, 0.6) is 17.2 Å². The number of methoxy groups -OCH3 is 1. The molecule has 0 amide bonds. The Morgan fingerprint density at radius 2 is 1.09 bits per heavy atom. The lowest BCUT2D eigenvalue weighted by atomic mass is 9.55. The summed E-state index contributed by atoms with van der Waals surface area (Å²) >= 11 is 0. The maximum absolute atomic E-state index is 10.7. The van der Waals surface area contributed by atoms with Crippen molar-refractivity contribution in [3.8, 4) is 17.2 Å². The number of aryl methyl sites for hydroxylation is 3. The van der Waals surface area contributed by atoms with E-state index in [0.29, 0.717) is 135 Å². The van der Waals surface area contributed by atoms with Crippen molar-refractivity contribution in [2.75, 3.05) is 113 Å². The summed E-state index contributed by atoms with van der Waals surface area (Å²) in [6.07, 6.45) is 6.69. The maximum atomic E-state index is 10.7. The molecule has 0 spiro atoms. The smallest absolute Gasteiger partial charge is 0.161 e. The second kappa shape index (κ2) is 22.9. The first kappa shape index (κ1) is 42.7. The van der Waals surface area contributed by atoms with Crippen molar-refractivity contribution in [2.45, 2.75) is 71.3 Å².